The lowest BCUT2D eigenvalue weighted by molar-refractivity contribution is 0.102. The average Bonchev–Trinajstić information content (AvgIpc) is 3.02. The van der Waals surface area contributed by atoms with Crippen LogP contribution in [-0.2, 0) is 0 Å². The zero-order chi connectivity index (χ0) is 14.7. The van der Waals surface area contributed by atoms with Crippen LogP contribution in [-0.4, -0.2) is 30.6 Å². The van der Waals surface area contributed by atoms with E-state index in [1.807, 2.05) is 6.07 Å². The van der Waals surface area contributed by atoms with Crippen molar-refractivity contribution in [2.45, 2.75) is 0 Å². The van der Waals surface area contributed by atoms with Gasteiger partial charge in [0.1, 0.15) is 24.8 Å². The molecule has 8 heteroatoms. The van der Waals surface area contributed by atoms with Gasteiger partial charge in [-0.25, -0.2) is 19.6 Å². The van der Waals surface area contributed by atoms with E-state index in [1.54, 1.807) is 24.3 Å². The summed E-state index contributed by atoms with van der Waals surface area (Å²) in [6.45, 7) is 0. The number of halogens is 1. The van der Waals surface area contributed by atoms with Crippen molar-refractivity contribution < 1.29 is 4.79 Å². The molecule has 1 aromatic carbocycles. The van der Waals surface area contributed by atoms with Gasteiger partial charge in [-0.15, -0.1) is 0 Å². The lowest BCUT2D eigenvalue weighted by Gasteiger charge is -2.07. The largest absolute Gasteiger partial charge is 0.306 e. The van der Waals surface area contributed by atoms with Gasteiger partial charge >= 0.3 is 0 Å². The van der Waals surface area contributed by atoms with E-state index in [2.05, 4.69) is 41.3 Å². The lowest BCUT2D eigenvalue weighted by atomic mass is 10.2. The Morgan fingerprint density at radius 2 is 2.05 bits per heavy atom. The summed E-state index contributed by atoms with van der Waals surface area (Å²) in [5, 5.41) is 6.69. The zero-order valence-electron chi connectivity index (χ0n) is 10.6. The molecular formula is C13H9BrN6O. The molecule has 0 bridgehead atoms. The summed E-state index contributed by atoms with van der Waals surface area (Å²) in [4.78, 5) is 24.1. The van der Waals surface area contributed by atoms with Crippen molar-refractivity contribution in [1.82, 2.24) is 24.7 Å². The first kappa shape index (κ1) is 13.4. The number of amides is 1. The van der Waals surface area contributed by atoms with Crippen LogP contribution in [0.4, 0.5) is 5.82 Å². The van der Waals surface area contributed by atoms with Gasteiger partial charge < -0.3 is 5.32 Å². The molecule has 0 aliphatic heterocycles. The molecule has 3 aromatic rings. The van der Waals surface area contributed by atoms with E-state index in [1.165, 1.54) is 23.7 Å². The van der Waals surface area contributed by atoms with Gasteiger partial charge in [0.05, 0.1) is 5.56 Å². The molecule has 2 heterocycles. The maximum Gasteiger partial charge on any atom is 0.257 e. The van der Waals surface area contributed by atoms with E-state index in [4.69, 9.17) is 0 Å². The molecular weight excluding hydrogens is 336 g/mol. The SMILES string of the molecule is O=C(Nc1cc(-n2cncn2)ncn1)c1ccccc1Br. The Hall–Kier alpha value is -2.61. The Labute approximate surface area is 128 Å². The van der Waals surface area contributed by atoms with E-state index in [0.29, 0.717) is 21.7 Å². The predicted octanol–water partition coefficient (Wildman–Crippen LogP) is 2.07. The third-order valence-corrected chi connectivity index (χ3v) is 3.36. The number of hydrogen-bond donors (Lipinski definition) is 1. The summed E-state index contributed by atoms with van der Waals surface area (Å²) in [7, 11) is 0. The molecule has 1 N–H and O–H groups in total. The highest BCUT2D eigenvalue weighted by Crippen LogP contribution is 2.17. The van der Waals surface area contributed by atoms with Crippen molar-refractivity contribution in [2.24, 2.45) is 0 Å². The van der Waals surface area contributed by atoms with E-state index >= 15 is 0 Å². The van der Waals surface area contributed by atoms with Crippen LogP contribution >= 0.6 is 15.9 Å². The van der Waals surface area contributed by atoms with Gasteiger partial charge in [0, 0.05) is 10.5 Å². The molecule has 0 spiro atoms. The van der Waals surface area contributed by atoms with E-state index < -0.39 is 0 Å². The van der Waals surface area contributed by atoms with Crippen molar-refractivity contribution in [2.75, 3.05) is 5.32 Å². The van der Waals surface area contributed by atoms with Gasteiger partial charge in [-0.2, -0.15) is 5.10 Å². The minimum atomic E-state index is -0.259. The molecule has 0 unspecified atom stereocenters. The number of nitrogens with one attached hydrogen (secondary N) is 1. The number of nitrogens with zero attached hydrogens (tertiary/aromatic N) is 5. The van der Waals surface area contributed by atoms with Crippen molar-refractivity contribution in [1.29, 1.82) is 0 Å². The van der Waals surface area contributed by atoms with Crippen molar-refractivity contribution in [3.63, 3.8) is 0 Å². The van der Waals surface area contributed by atoms with Crippen LogP contribution < -0.4 is 5.32 Å². The summed E-state index contributed by atoms with van der Waals surface area (Å²) in [6.07, 6.45) is 4.27. The second-order valence-electron chi connectivity index (χ2n) is 4.04. The first-order valence-corrected chi connectivity index (χ1v) is 6.76. The maximum atomic E-state index is 12.2. The summed E-state index contributed by atoms with van der Waals surface area (Å²) < 4.78 is 2.20. The monoisotopic (exact) mass is 344 g/mol. The molecule has 0 saturated carbocycles. The van der Waals surface area contributed by atoms with E-state index in [0.717, 1.165) is 0 Å². The number of rotatable bonds is 3. The van der Waals surface area contributed by atoms with Crippen LogP contribution in [0, 0.1) is 0 Å². The summed E-state index contributed by atoms with van der Waals surface area (Å²) in [5.41, 5.74) is 0.526. The summed E-state index contributed by atoms with van der Waals surface area (Å²) in [6, 6.07) is 8.77. The number of carbonyl (C=O) groups excluding carboxylic acids is 1. The standard InChI is InChI=1S/C13H9BrN6O/c14-10-4-2-1-3-9(10)13(21)19-11-5-12(17-7-16-11)20-8-15-6-18-20/h1-8H,(H,16,17,19,21). The van der Waals surface area contributed by atoms with Crippen LogP contribution in [0.15, 0.2) is 53.8 Å². The highest BCUT2D eigenvalue weighted by molar-refractivity contribution is 9.10. The first-order valence-electron chi connectivity index (χ1n) is 5.97. The van der Waals surface area contributed by atoms with Crippen molar-refractivity contribution in [3.8, 4) is 5.82 Å². The maximum absolute atomic E-state index is 12.2. The van der Waals surface area contributed by atoms with Crippen LogP contribution in [0.3, 0.4) is 0 Å². The summed E-state index contributed by atoms with van der Waals surface area (Å²) in [5.74, 6) is 0.645. The molecule has 7 nitrogen and oxygen atoms in total. The topological polar surface area (TPSA) is 85.6 Å². The molecule has 0 aliphatic carbocycles. The molecule has 0 fully saturated rings. The molecule has 0 atom stereocenters. The number of anilines is 1. The fourth-order valence-corrected chi connectivity index (χ4v) is 2.16. The average molecular weight is 345 g/mol. The normalized spacial score (nSPS) is 10.3. The highest BCUT2D eigenvalue weighted by atomic mass is 79.9. The van der Waals surface area contributed by atoms with Crippen LogP contribution in [0.2, 0.25) is 0 Å². The fraction of sp³-hybridized carbons (Fsp3) is 0. The molecule has 2 aromatic heterocycles. The Bertz CT molecular complexity index is 774. The Kier molecular flexibility index (Phi) is 3.69. The zero-order valence-corrected chi connectivity index (χ0v) is 12.2. The quantitative estimate of drug-likeness (QED) is 0.785. The van der Waals surface area contributed by atoms with Crippen molar-refractivity contribution in [3.05, 3.63) is 59.3 Å². The summed E-state index contributed by atoms with van der Waals surface area (Å²) >= 11 is 3.34. The van der Waals surface area contributed by atoms with Gasteiger partial charge in [0.15, 0.2) is 5.82 Å². The van der Waals surface area contributed by atoms with Gasteiger partial charge in [-0.1, -0.05) is 12.1 Å². The van der Waals surface area contributed by atoms with E-state index in [-0.39, 0.29) is 5.91 Å². The third kappa shape index (κ3) is 2.95. The number of hydrogen-bond acceptors (Lipinski definition) is 5. The third-order valence-electron chi connectivity index (χ3n) is 2.67. The van der Waals surface area contributed by atoms with Gasteiger partial charge in [-0.05, 0) is 28.1 Å². The predicted molar refractivity (Wildman–Crippen MR) is 79.0 cm³/mol. The van der Waals surface area contributed by atoms with Crippen molar-refractivity contribution >= 4 is 27.7 Å². The molecule has 0 saturated heterocycles. The second kappa shape index (κ2) is 5.80. The molecule has 3 rings (SSSR count). The molecule has 104 valence electrons. The molecule has 21 heavy (non-hydrogen) atoms. The second-order valence-corrected chi connectivity index (χ2v) is 4.89. The van der Waals surface area contributed by atoms with Crippen LogP contribution in [0.1, 0.15) is 10.4 Å². The fourth-order valence-electron chi connectivity index (χ4n) is 1.70. The molecule has 1 amide bonds. The van der Waals surface area contributed by atoms with Crippen LogP contribution in [0.25, 0.3) is 5.82 Å². The van der Waals surface area contributed by atoms with Gasteiger partial charge in [-0.3, -0.25) is 4.79 Å². The number of carbonyl (C=O) groups is 1. The van der Waals surface area contributed by atoms with E-state index in [9.17, 15) is 4.79 Å². The lowest BCUT2D eigenvalue weighted by Crippen LogP contribution is -2.14. The van der Waals surface area contributed by atoms with Crippen LogP contribution in [0.5, 0.6) is 0 Å². The number of aromatic nitrogens is 5. The minimum absolute atomic E-state index is 0.259. The Morgan fingerprint density at radius 1 is 1.19 bits per heavy atom. The van der Waals surface area contributed by atoms with Gasteiger partial charge in [0.2, 0.25) is 0 Å². The smallest absolute Gasteiger partial charge is 0.257 e. The van der Waals surface area contributed by atoms with Gasteiger partial charge in [0.25, 0.3) is 5.91 Å². The highest BCUT2D eigenvalue weighted by Gasteiger charge is 2.11. The number of benzene rings is 1. The Balaban J connectivity index is 1.84. The molecule has 0 radical (unpaired) electrons. The Morgan fingerprint density at radius 3 is 2.81 bits per heavy atom. The molecule has 0 aliphatic rings. The minimum Gasteiger partial charge on any atom is -0.306 e. The first-order chi connectivity index (χ1) is 10.2.